The van der Waals surface area contributed by atoms with E-state index >= 15 is 0 Å². The van der Waals surface area contributed by atoms with Crippen LogP contribution in [0.5, 0.6) is 0 Å². The number of fused-ring (bicyclic) bond motifs is 10. The molecule has 1 radical (unpaired) electrons. The molecule has 0 saturated heterocycles. The van der Waals surface area contributed by atoms with E-state index in [-0.39, 0.29) is 25.5 Å². The molecular weight excluding hydrogens is 569 g/mol. The van der Waals surface area contributed by atoms with Crippen LogP contribution in [0.15, 0.2) is 42.5 Å². The molecule has 0 aromatic heterocycles. The minimum Gasteiger partial charge on any atom is -0.504 e. The van der Waals surface area contributed by atoms with Crippen LogP contribution in [-0.4, -0.2) is 7.05 Å². The fourth-order valence-corrected chi connectivity index (χ4v) is 7.10. The van der Waals surface area contributed by atoms with Crippen molar-refractivity contribution in [2.45, 2.75) is 57.3 Å². The molecule has 2 nitrogen and oxygen atoms in total. The maximum absolute atomic E-state index is 3.64. The first kappa shape index (κ1) is 20.5. The predicted octanol–water partition coefficient (Wildman–Crippen LogP) is 7.17. The van der Waals surface area contributed by atoms with Gasteiger partial charge in [-0.1, -0.05) is 43.7 Å². The molecule has 165 valence electrons. The topological polar surface area (TPSA) is 6.48 Å². The van der Waals surface area contributed by atoms with Gasteiger partial charge in [0.1, 0.15) is 0 Å². The van der Waals surface area contributed by atoms with Crippen LogP contribution < -0.4 is 9.80 Å². The summed E-state index contributed by atoms with van der Waals surface area (Å²) < 4.78 is 0. The smallest absolute Gasteiger partial charge is 0.0338 e. The van der Waals surface area contributed by atoms with E-state index in [1.807, 2.05) is 0 Å². The molecule has 7 rings (SSSR count). The van der Waals surface area contributed by atoms with Gasteiger partial charge in [-0.3, -0.25) is 0 Å². The normalized spacial score (nSPS) is 23.0. The van der Waals surface area contributed by atoms with E-state index in [1.54, 1.807) is 11.1 Å². The van der Waals surface area contributed by atoms with Gasteiger partial charge in [0.2, 0.25) is 0 Å². The summed E-state index contributed by atoms with van der Waals surface area (Å²) in [5, 5.41) is 0. The molecular formula is C29H28IrN2-2. The Morgan fingerprint density at radius 3 is 2.56 bits per heavy atom. The summed E-state index contributed by atoms with van der Waals surface area (Å²) in [6, 6.07) is 19.5. The van der Waals surface area contributed by atoms with Crippen LogP contribution in [0.1, 0.15) is 72.8 Å². The molecule has 32 heavy (non-hydrogen) atoms. The van der Waals surface area contributed by atoms with Crippen molar-refractivity contribution in [1.29, 1.82) is 0 Å². The number of anilines is 3. The molecule has 3 aliphatic carbocycles. The number of rotatable bonds is 1. The molecule has 1 fully saturated rings. The SMILES string of the molecule is Cc1cc2c(c3c1C1CCC3C1)N(C)[CH-]N2c1[c-]cc2c(c1)C(C)(C)c1ccccc1-2.[Ir]. The Labute approximate surface area is 205 Å². The third-order valence-corrected chi connectivity index (χ3v) is 8.48. The Hall–Kier alpha value is -2.09. The maximum atomic E-state index is 3.64. The van der Waals surface area contributed by atoms with Gasteiger partial charge in [0.05, 0.1) is 0 Å². The Bertz CT molecular complexity index is 1270. The van der Waals surface area contributed by atoms with E-state index in [1.165, 1.54) is 58.5 Å². The average Bonchev–Trinajstić information content (AvgIpc) is 3.51. The van der Waals surface area contributed by atoms with Crippen LogP contribution >= 0.6 is 0 Å². The second-order valence-corrected chi connectivity index (χ2v) is 10.5. The number of nitrogens with zero attached hydrogens (tertiary/aromatic N) is 2. The molecule has 0 spiro atoms. The minimum absolute atomic E-state index is 0. The summed E-state index contributed by atoms with van der Waals surface area (Å²) in [7, 11) is 2.22. The second kappa shape index (κ2) is 6.71. The van der Waals surface area contributed by atoms with Gasteiger partial charge in [-0.2, -0.15) is 18.8 Å². The van der Waals surface area contributed by atoms with Gasteiger partial charge in [0.25, 0.3) is 0 Å². The zero-order valence-corrected chi connectivity index (χ0v) is 21.5. The molecule has 3 aromatic rings. The largest absolute Gasteiger partial charge is 0.504 e. The van der Waals surface area contributed by atoms with Gasteiger partial charge in [0.15, 0.2) is 0 Å². The Balaban J connectivity index is 0.00000196. The Kier molecular flexibility index (Phi) is 4.30. The molecule has 3 heteroatoms. The van der Waals surface area contributed by atoms with Crippen molar-refractivity contribution in [3.05, 3.63) is 83.0 Å². The van der Waals surface area contributed by atoms with Crippen molar-refractivity contribution >= 4 is 17.1 Å². The quantitative estimate of drug-likeness (QED) is 0.275. The molecule has 1 saturated carbocycles. The van der Waals surface area contributed by atoms with Crippen molar-refractivity contribution in [2.75, 3.05) is 16.8 Å². The van der Waals surface area contributed by atoms with Crippen molar-refractivity contribution < 1.29 is 20.1 Å². The third kappa shape index (κ3) is 2.45. The molecule has 0 amide bonds. The van der Waals surface area contributed by atoms with Gasteiger partial charge in [0, 0.05) is 31.5 Å². The zero-order chi connectivity index (χ0) is 21.1. The van der Waals surface area contributed by atoms with Gasteiger partial charge in [-0.05, 0) is 78.8 Å². The predicted molar refractivity (Wildman–Crippen MR) is 128 cm³/mol. The van der Waals surface area contributed by atoms with Crippen molar-refractivity contribution in [3.63, 3.8) is 0 Å². The van der Waals surface area contributed by atoms with Gasteiger partial charge >= 0.3 is 0 Å². The fourth-order valence-electron chi connectivity index (χ4n) is 7.10. The number of benzene rings is 3. The molecule has 3 aromatic carbocycles. The van der Waals surface area contributed by atoms with Crippen LogP contribution in [0.25, 0.3) is 11.1 Å². The summed E-state index contributed by atoms with van der Waals surface area (Å²) in [6.45, 7) is 9.29. The van der Waals surface area contributed by atoms with Crippen molar-refractivity contribution in [2.24, 2.45) is 0 Å². The molecule has 1 aliphatic heterocycles. The van der Waals surface area contributed by atoms with Crippen LogP contribution in [0, 0.1) is 19.7 Å². The van der Waals surface area contributed by atoms with Crippen molar-refractivity contribution in [3.8, 4) is 11.1 Å². The van der Waals surface area contributed by atoms with Crippen LogP contribution in [-0.2, 0) is 25.5 Å². The van der Waals surface area contributed by atoms with E-state index in [2.05, 4.69) is 92.8 Å². The summed E-state index contributed by atoms with van der Waals surface area (Å²) in [5.41, 5.74) is 14.2. The van der Waals surface area contributed by atoms with Crippen molar-refractivity contribution in [1.82, 2.24) is 0 Å². The van der Waals surface area contributed by atoms with Gasteiger partial charge in [-0.25, -0.2) is 0 Å². The first-order valence-electron chi connectivity index (χ1n) is 11.7. The zero-order valence-electron chi connectivity index (χ0n) is 19.1. The van der Waals surface area contributed by atoms with Crippen LogP contribution in [0.4, 0.5) is 17.1 Å². The average molecular weight is 597 g/mol. The Morgan fingerprint density at radius 1 is 1.00 bits per heavy atom. The standard InChI is InChI=1S/C29H28N2.Ir/c1-17-13-25-28(27-19-10-9-18(14-19)26(17)27)30(4)16-31(25)20-11-12-22-21-7-5-6-8-23(21)29(2,3)24(22)15-20;/h5-8,12-13,15-16,18-19H,9-10,14H2,1-4H3;/q-2;. The van der Waals surface area contributed by atoms with E-state index in [0.29, 0.717) is 0 Å². The minimum atomic E-state index is 0. The maximum Gasteiger partial charge on any atom is 0.0338 e. The number of aryl methyl sites for hydroxylation is 1. The van der Waals surface area contributed by atoms with Gasteiger partial charge < -0.3 is 9.80 Å². The van der Waals surface area contributed by atoms with Crippen LogP contribution in [0.2, 0.25) is 0 Å². The molecule has 0 N–H and O–H groups in total. The molecule has 4 aliphatic rings. The summed E-state index contributed by atoms with van der Waals surface area (Å²) in [6.07, 6.45) is 4.10. The summed E-state index contributed by atoms with van der Waals surface area (Å²) >= 11 is 0. The first-order chi connectivity index (χ1) is 14.9. The molecule has 1 heterocycles. The second-order valence-electron chi connectivity index (χ2n) is 10.5. The van der Waals surface area contributed by atoms with E-state index in [9.17, 15) is 0 Å². The third-order valence-electron chi connectivity index (χ3n) is 8.48. The number of hydrogen-bond donors (Lipinski definition) is 0. The van der Waals surface area contributed by atoms with Gasteiger partial charge in [-0.15, -0.1) is 22.9 Å². The summed E-state index contributed by atoms with van der Waals surface area (Å²) in [4.78, 5) is 4.73. The van der Waals surface area contributed by atoms with Crippen LogP contribution in [0.3, 0.4) is 0 Å². The van der Waals surface area contributed by atoms with E-state index in [0.717, 1.165) is 17.5 Å². The fraction of sp³-hybridized carbons (Fsp3) is 0.345. The Morgan fingerprint density at radius 2 is 1.75 bits per heavy atom. The summed E-state index contributed by atoms with van der Waals surface area (Å²) in [5.74, 6) is 1.54. The first-order valence-corrected chi connectivity index (χ1v) is 11.7. The van der Waals surface area contributed by atoms with E-state index in [4.69, 9.17) is 0 Å². The molecule has 2 unspecified atom stereocenters. The van der Waals surface area contributed by atoms with E-state index < -0.39 is 0 Å². The molecule has 2 atom stereocenters. The monoisotopic (exact) mass is 597 g/mol. The molecule has 2 bridgehead atoms. The number of hydrogen-bond acceptors (Lipinski definition) is 2.